The fraction of sp³-hybridized carbons (Fsp3) is 0.269. The molecule has 168 valence electrons. The van der Waals surface area contributed by atoms with E-state index >= 15 is 0 Å². The predicted octanol–water partition coefficient (Wildman–Crippen LogP) is 5.15. The molecule has 7 nitrogen and oxygen atoms in total. The highest BCUT2D eigenvalue weighted by atomic mass is 16.5. The predicted molar refractivity (Wildman–Crippen MR) is 124 cm³/mol. The molecule has 2 saturated heterocycles. The van der Waals surface area contributed by atoms with Crippen molar-refractivity contribution in [3.05, 3.63) is 90.1 Å². The molecule has 3 atom stereocenters. The number of rotatable bonds is 5. The molecule has 0 radical (unpaired) electrons. The molecular formula is C26H25N3O4. The van der Waals surface area contributed by atoms with Gasteiger partial charge in [-0.2, -0.15) is 0 Å². The third-order valence-electron chi connectivity index (χ3n) is 5.89. The zero-order valence-electron chi connectivity index (χ0n) is 18.3. The quantitative estimate of drug-likeness (QED) is 0.459. The van der Waals surface area contributed by atoms with Gasteiger partial charge in [-0.1, -0.05) is 36.4 Å². The molecule has 2 aliphatic heterocycles. The molecule has 7 rings (SSSR count). The third kappa shape index (κ3) is 4.65. The zero-order chi connectivity index (χ0) is 22.6. The minimum absolute atomic E-state index is 0.264. The number of nitrogens with zero attached hydrogens (tertiary/aromatic N) is 2. The summed E-state index contributed by atoms with van der Waals surface area (Å²) in [7, 11) is 1.61. The highest BCUT2D eigenvalue weighted by molar-refractivity contribution is 6.07. The van der Waals surface area contributed by atoms with Crippen LogP contribution in [-0.2, 0) is 9.47 Å². The molecule has 1 aliphatic carbocycles. The van der Waals surface area contributed by atoms with Gasteiger partial charge in [0.25, 0.3) is 5.91 Å². The van der Waals surface area contributed by atoms with Crippen molar-refractivity contribution < 1.29 is 18.7 Å². The molecule has 3 unspecified atom stereocenters. The Hall–Kier alpha value is -3.55. The fourth-order valence-electron chi connectivity index (χ4n) is 4.17. The number of pyridine rings is 1. The molecule has 1 N–H and O–H groups in total. The number of fused-ring (bicyclic) bond motifs is 2. The molecule has 7 heteroatoms. The van der Waals surface area contributed by atoms with Gasteiger partial charge in [0, 0.05) is 19.5 Å². The van der Waals surface area contributed by atoms with E-state index in [1.54, 1.807) is 31.5 Å². The molecule has 0 spiro atoms. The van der Waals surface area contributed by atoms with Crippen molar-refractivity contribution in [3.63, 3.8) is 0 Å². The second kappa shape index (κ2) is 9.52. The molecule has 2 aromatic carbocycles. The summed E-state index contributed by atoms with van der Waals surface area (Å²) in [5, 5.41) is 2.86. The van der Waals surface area contributed by atoms with Crippen LogP contribution >= 0.6 is 0 Å². The first-order chi connectivity index (χ1) is 16.2. The number of aromatic nitrogens is 2. The van der Waals surface area contributed by atoms with E-state index in [0.717, 1.165) is 5.56 Å². The van der Waals surface area contributed by atoms with Crippen LogP contribution in [0.3, 0.4) is 0 Å². The summed E-state index contributed by atoms with van der Waals surface area (Å²) < 4.78 is 16.8. The van der Waals surface area contributed by atoms with Crippen molar-refractivity contribution in [2.75, 3.05) is 12.4 Å². The SMILES string of the molecule is C1CC2CC1O2.COC(c1ccccc1)c1nc2cccc(NC(=O)c3cccnc3)c2o1. The van der Waals surface area contributed by atoms with E-state index in [2.05, 4.69) is 15.3 Å². The van der Waals surface area contributed by atoms with E-state index in [9.17, 15) is 4.79 Å². The number of anilines is 1. The Bertz CT molecular complexity index is 1210. The number of carbonyl (C=O) groups is 1. The second-order valence-corrected chi connectivity index (χ2v) is 8.12. The van der Waals surface area contributed by atoms with Gasteiger partial charge in [0.05, 0.1) is 23.5 Å². The summed E-state index contributed by atoms with van der Waals surface area (Å²) in [6, 6.07) is 18.5. The van der Waals surface area contributed by atoms with Gasteiger partial charge in [-0.3, -0.25) is 9.78 Å². The summed E-state index contributed by atoms with van der Waals surface area (Å²) in [5.41, 5.74) is 3.10. The van der Waals surface area contributed by atoms with E-state index < -0.39 is 6.10 Å². The Labute approximate surface area is 191 Å². The van der Waals surface area contributed by atoms with Crippen LogP contribution in [0.4, 0.5) is 5.69 Å². The third-order valence-corrected chi connectivity index (χ3v) is 5.89. The highest BCUT2D eigenvalue weighted by Gasteiger charge is 2.36. The minimum Gasteiger partial charge on any atom is -0.435 e. The first-order valence-electron chi connectivity index (χ1n) is 11.1. The van der Waals surface area contributed by atoms with Crippen molar-refractivity contribution in [2.45, 2.75) is 37.6 Å². The lowest BCUT2D eigenvalue weighted by Gasteiger charge is -2.23. The van der Waals surface area contributed by atoms with Crippen molar-refractivity contribution >= 4 is 22.7 Å². The standard InChI is InChI=1S/C21H17N3O3.C5H8O/c1-26-18(14-7-3-2-4-8-14)21-24-17-11-5-10-16(19(17)27-21)23-20(25)15-9-6-12-22-13-15;1-2-5-3-4(1)6-5/h2-13,18H,1H3,(H,23,25);4-5H,1-3H2. The topological polar surface area (TPSA) is 86.5 Å². The Kier molecular flexibility index (Phi) is 6.15. The van der Waals surface area contributed by atoms with Crippen LogP contribution in [0, 0.1) is 0 Å². The average Bonchev–Trinajstić information content (AvgIpc) is 3.59. The summed E-state index contributed by atoms with van der Waals surface area (Å²) in [5.74, 6) is 0.168. The number of ether oxygens (including phenoxy) is 2. The summed E-state index contributed by atoms with van der Waals surface area (Å²) in [6.07, 6.45) is 8.12. The second-order valence-electron chi connectivity index (χ2n) is 8.12. The summed E-state index contributed by atoms with van der Waals surface area (Å²) in [4.78, 5) is 21.0. The van der Waals surface area contributed by atoms with Crippen LogP contribution in [0.1, 0.15) is 47.2 Å². The molecule has 1 amide bonds. The van der Waals surface area contributed by atoms with Crippen LogP contribution in [0.15, 0.2) is 77.5 Å². The number of para-hydroxylation sites is 1. The van der Waals surface area contributed by atoms with Crippen LogP contribution in [0.5, 0.6) is 0 Å². The number of methoxy groups -OCH3 is 1. The van der Waals surface area contributed by atoms with E-state index in [4.69, 9.17) is 13.9 Å². The monoisotopic (exact) mass is 443 g/mol. The molecule has 3 fully saturated rings. The number of hydrogen-bond acceptors (Lipinski definition) is 6. The number of amides is 1. The van der Waals surface area contributed by atoms with E-state index in [0.29, 0.717) is 40.4 Å². The number of nitrogens with one attached hydrogen (secondary N) is 1. The van der Waals surface area contributed by atoms with Gasteiger partial charge < -0.3 is 19.2 Å². The Morgan fingerprint density at radius 3 is 2.48 bits per heavy atom. The van der Waals surface area contributed by atoms with Crippen molar-refractivity contribution in [2.24, 2.45) is 0 Å². The Morgan fingerprint density at radius 1 is 1.06 bits per heavy atom. The number of hydrogen-bond donors (Lipinski definition) is 1. The van der Waals surface area contributed by atoms with Gasteiger partial charge in [-0.15, -0.1) is 0 Å². The first kappa shape index (κ1) is 21.3. The molecule has 2 bridgehead atoms. The average molecular weight is 444 g/mol. The Morgan fingerprint density at radius 2 is 1.85 bits per heavy atom. The fourth-order valence-corrected chi connectivity index (χ4v) is 4.17. The van der Waals surface area contributed by atoms with E-state index in [1.807, 2.05) is 42.5 Å². The van der Waals surface area contributed by atoms with E-state index in [-0.39, 0.29) is 5.91 Å². The number of carbonyl (C=O) groups excluding carboxylic acids is 1. The normalized spacial score (nSPS) is 19.3. The minimum atomic E-state index is -0.430. The molecule has 4 heterocycles. The lowest BCUT2D eigenvalue weighted by molar-refractivity contribution is -0.0647. The van der Waals surface area contributed by atoms with Crippen LogP contribution < -0.4 is 5.32 Å². The van der Waals surface area contributed by atoms with E-state index in [1.165, 1.54) is 25.5 Å². The van der Waals surface area contributed by atoms with Gasteiger partial charge in [0.2, 0.25) is 5.89 Å². The summed E-state index contributed by atoms with van der Waals surface area (Å²) >= 11 is 0. The molecule has 1 saturated carbocycles. The van der Waals surface area contributed by atoms with Gasteiger partial charge in [-0.05, 0) is 49.1 Å². The molecule has 33 heavy (non-hydrogen) atoms. The highest BCUT2D eigenvalue weighted by Crippen LogP contribution is 2.36. The van der Waals surface area contributed by atoms with Crippen molar-refractivity contribution in [1.82, 2.24) is 9.97 Å². The molecule has 2 aromatic heterocycles. The number of benzene rings is 2. The van der Waals surface area contributed by atoms with Gasteiger partial charge in [-0.25, -0.2) is 4.98 Å². The first-order valence-corrected chi connectivity index (χ1v) is 11.1. The maximum Gasteiger partial charge on any atom is 0.257 e. The molecule has 4 aromatic rings. The van der Waals surface area contributed by atoms with Gasteiger partial charge in [0.15, 0.2) is 11.7 Å². The molecule has 3 aliphatic rings. The van der Waals surface area contributed by atoms with Crippen molar-refractivity contribution in [1.29, 1.82) is 0 Å². The smallest absolute Gasteiger partial charge is 0.257 e. The largest absolute Gasteiger partial charge is 0.435 e. The van der Waals surface area contributed by atoms with Crippen LogP contribution in [0.25, 0.3) is 11.1 Å². The van der Waals surface area contributed by atoms with Crippen LogP contribution in [-0.4, -0.2) is 35.2 Å². The maximum atomic E-state index is 12.4. The van der Waals surface area contributed by atoms with Crippen molar-refractivity contribution in [3.8, 4) is 0 Å². The Balaban J connectivity index is 0.000000324. The zero-order valence-corrected chi connectivity index (χ0v) is 18.3. The molecular weight excluding hydrogens is 418 g/mol. The summed E-state index contributed by atoms with van der Waals surface area (Å²) in [6.45, 7) is 0. The van der Waals surface area contributed by atoms with Gasteiger partial charge >= 0.3 is 0 Å². The maximum absolute atomic E-state index is 12.4. The lowest BCUT2D eigenvalue weighted by atomic mass is 10.1. The van der Waals surface area contributed by atoms with Gasteiger partial charge in [0.1, 0.15) is 5.52 Å². The van der Waals surface area contributed by atoms with Crippen LogP contribution in [0.2, 0.25) is 0 Å². The lowest BCUT2D eigenvalue weighted by Crippen LogP contribution is -2.25. The number of oxazole rings is 1.